The van der Waals surface area contributed by atoms with E-state index in [2.05, 4.69) is 0 Å². The zero-order valence-electron chi connectivity index (χ0n) is 9.67. The SMILES string of the molecule is O=CC(Cc1cccs1)c1ccc2c(c1)OCO2. The average molecular weight is 260 g/mol. The maximum atomic E-state index is 11.3. The number of thiophene rings is 1. The second-order valence-corrected chi connectivity index (χ2v) is 5.17. The van der Waals surface area contributed by atoms with Gasteiger partial charge in [0.15, 0.2) is 11.5 Å². The third-order valence-corrected chi connectivity index (χ3v) is 3.89. The molecule has 3 nitrogen and oxygen atoms in total. The summed E-state index contributed by atoms with van der Waals surface area (Å²) in [4.78, 5) is 12.5. The first-order chi connectivity index (χ1) is 8.86. The molecule has 3 rings (SSSR count). The lowest BCUT2D eigenvalue weighted by Crippen LogP contribution is -2.03. The lowest BCUT2D eigenvalue weighted by molar-refractivity contribution is -0.109. The molecule has 1 aliphatic rings. The number of aldehydes is 1. The second-order valence-electron chi connectivity index (χ2n) is 4.14. The van der Waals surface area contributed by atoms with E-state index in [1.54, 1.807) is 11.3 Å². The molecule has 1 atom stereocenters. The number of rotatable bonds is 4. The lowest BCUT2D eigenvalue weighted by atomic mass is 9.96. The fourth-order valence-corrected chi connectivity index (χ4v) is 2.80. The van der Waals surface area contributed by atoms with Gasteiger partial charge in [-0.3, -0.25) is 0 Å². The molecule has 0 saturated carbocycles. The zero-order chi connectivity index (χ0) is 12.4. The standard InChI is InChI=1S/C14H12O3S/c15-8-11(6-12-2-1-5-18-12)10-3-4-13-14(7-10)17-9-16-13/h1-5,7-8,11H,6,9H2. The maximum Gasteiger partial charge on any atom is 0.231 e. The van der Waals surface area contributed by atoms with Gasteiger partial charge in [0, 0.05) is 10.8 Å². The van der Waals surface area contributed by atoms with Crippen LogP contribution in [-0.2, 0) is 11.2 Å². The van der Waals surface area contributed by atoms with Gasteiger partial charge in [-0.15, -0.1) is 11.3 Å². The van der Waals surface area contributed by atoms with E-state index in [1.165, 1.54) is 4.88 Å². The highest BCUT2D eigenvalue weighted by Crippen LogP contribution is 2.35. The minimum absolute atomic E-state index is 0.127. The van der Waals surface area contributed by atoms with Crippen LogP contribution in [0.15, 0.2) is 35.7 Å². The molecular weight excluding hydrogens is 248 g/mol. The predicted molar refractivity (Wildman–Crippen MR) is 69.4 cm³/mol. The highest BCUT2D eigenvalue weighted by Gasteiger charge is 2.18. The molecule has 0 radical (unpaired) electrons. The molecule has 0 amide bonds. The molecule has 2 aromatic rings. The van der Waals surface area contributed by atoms with Crippen LogP contribution in [-0.4, -0.2) is 13.1 Å². The van der Waals surface area contributed by atoms with Crippen LogP contribution in [0.5, 0.6) is 11.5 Å². The quantitative estimate of drug-likeness (QED) is 0.793. The highest BCUT2D eigenvalue weighted by molar-refractivity contribution is 7.09. The molecule has 0 bridgehead atoms. The van der Waals surface area contributed by atoms with Crippen molar-refractivity contribution in [1.82, 2.24) is 0 Å². The fraction of sp³-hybridized carbons (Fsp3) is 0.214. The number of hydrogen-bond donors (Lipinski definition) is 0. The third-order valence-electron chi connectivity index (χ3n) is 2.99. The van der Waals surface area contributed by atoms with E-state index < -0.39 is 0 Å². The number of carbonyl (C=O) groups is 1. The van der Waals surface area contributed by atoms with Gasteiger partial charge in [-0.25, -0.2) is 0 Å². The zero-order valence-corrected chi connectivity index (χ0v) is 10.5. The molecule has 0 aliphatic carbocycles. The number of benzene rings is 1. The molecule has 18 heavy (non-hydrogen) atoms. The molecule has 1 aliphatic heterocycles. The van der Waals surface area contributed by atoms with Crippen LogP contribution in [0.2, 0.25) is 0 Å². The van der Waals surface area contributed by atoms with Gasteiger partial charge in [0.05, 0.1) is 0 Å². The minimum atomic E-state index is -0.127. The van der Waals surface area contributed by atoms with E-state index in [0.29, 0.717) is 0 Å². The minimum Gasteiger partial charge on any atom is -0.454 e. The van der Waals surface area contributed by atoms with Gasteiger partial charge < -0.3 is 14.3 Å². The molecule has 92 valence electrons. The fourth-order valence-electron chi connectivity index (χ4n) is 2.03. The van der Waals surface area contributed by atoms with Crippen molar-refractivity contribution in [2.24, 2.45) is 0 Å². The van der Waals surface area contributed by atoms with Crippen molar-refractivity contribution in [3.8, 4) is 11.5 Å². The molecule has 1 aromatic heterocycles. The molecular formula is C14H12O3S. The number of ether oxygens (including phenoxy) is 2. The Hall–Kier alpha value is -1.81. The van der Waals surface area contributed by atoms with Crippen molar-refractivity contribution in [2.45, 2.75) is 12.3 Å². The summed E-state index contributed by atoms with van der Waals surface area (Å²) in [6.45, 7) is 0.259. The molecule has 4 heteroatoms. The summed E-state index contributed by atoms with van der Waals surface area (Å²) in [7, 11) is 0. The first kappa shape index (κ1) is 11.3. The summed E-state index contributed by atoms with van der Waals surface area (Å²) < 4.78 is 10.6. The van der Waals surface area contributed by atoms with E-state index >= 15 is 0 Å². The Morgan fingerprint density at radius 3 is 2.94 bits per heavy atom. The molecule has 0 saturated heterocycles. The van der Waals surface area contributed by atoms with Gasteiger partial charge in [0.2, 0.25) is 6.79 Å². The maximum absolute atomic E-state index is 11.3. The van der Waals surface area contributed by atoms with Crippen molar-refractivity contribution in [3.63, 3.8) is 0 Å². The third kappa shape index (κ3) is 2.11. The van der Waals surface area contributed by atoms with Crippen molar-refractivity contribution < 1.29 is 14.3 Å². The van der Waals surface area contributed by atoms with Gasteiger partial charge in [-0.2, -0.15) is 0 Å². The van der Waals surface area contributed by atoms with E-state index in [4.69, 9.17) is 9.47 Å². The molecule has 0 N–H and O–H groups in total. The largest absolute Gasteiger partial charge is 0.454 e. The molecule has 2 heterocycles. The van der Waals surface area contributed by atoms with Crippen molar-refractivity contribution in [1.29, 1.82) is 0 Å². The smallest absolute Gasteiger partial charge is 0.231 e. The van der Waals surface area contributed by atoms with E-state index in [9.17, 15) is 4.79 Å². The van der Waals surface area contributed by atoms with Crippen LogP contribution in [0.3, 0.4) is 0 Å². The topological polar surface area (TPSA) is 35.5 Å². The number of carbonyl (C=O) groups excluding carboxylic acids is 1. The normalized spacial score (nSPS) is 14.4. The van der Waals surface area contributed by atoms with Crippen LogP contribution >= 0.6 is 11.3 Å². The Morgan fingerprint density at radius 1 is 1.28 bits per heavy atom. The van der Waals surface area contributed by atoms with Gasteiger partial charge in [-0.05, 0) is 35.6 Å². The summed E-state index contributed by atoms with van der Waals surface area (Å²) >= 11 is 1.67. The summed E-state index contributed by atoms with van der Waals surface area (Å²) in [5.74, 6) is 1.35. The summed E-state index contributed by atoms with van der Waals surface area (Å²) in [6.07, 6.45) is 1.73. The Bertz CT molecular complexity index is 548. The van der Waals surface area contributed by atoms with Crippen LogP contribution in [0, 0.1) is 0 Å². The lowest BCUT2D eigenvalue weighted by Gasteiger charge is -2.10. The number of hydrogen-bond acceptors (Lipinski definition) is 4. The Kier molecular flexibility index (Phi) is 3.02. The van der Waals surface area contributed by atoms with E-state index in [1.807, 2.05) is 35.7 Å². The van der Waals surface area contributed by atoms with Crippen LogP contribution in [0.25, 0.3) is 0 Å². The summed E-state index contributed by atoms with van der Waals surface area (Å²) in [5.41, 5.74) is 0.975. The first-order valence-electron chi connectivity index (χ1n) is 5.74. The van der Waals surface area contributed by atoms with Crippen molar-refractivity contribution in [2.75, 3.05) is 6.79 Å². The molecule has 0 fully saturated rings. The monoisotopic (exact) mass is 260 g/mol. The molecule has 0 spiro atoms. The first-order valence-corrected chi connectivity index (χ1v) is 6.62. The second kappa shape index (κ2) is 4.82. The van der Waals surface area contributed by atoms with Crippen LogP contribution in [0.4, 0.5) is 0 Å². The van der Waals surface area contributed by atoms with Crippen LogP contribution < -0.4 is 9.47 Å². The van der Waals surface area contributed by atoms with Crippen molar-refractivity contribution in [3.05, 3.63) is 46.2 Å². The van der Waals surface area contributed by atoms with E-state index in [0.717, 1.165) is 29.8 Å². The van der Waals surface area contributed by atoms with E-state index in [-0.39, 0.29) is 12.7 Å². The van der Waals surface area contributed by atoms with Crippen molar-refractivity contribution >= 4 is 17.6 Å². The van der Waals surface area contributed by atoms with Gasteiger partial charge in [0.1, 0.15) is 6.29 Å². The van der Waals surface area contributed by atoms with Gasteiger partial charge in [0.25, 0.3) is 0 Å². The molecule has 1 aromatic carbocycles. The Labute approximate surface area is 109 Å². The summed E-state index contributed by atoms with van der Waals surface area (Å²) in [6, 6.07) is 9.74. The predicted octanol–water partition coefficient (Wildman–Crippen LogP) is 3.00. The summed E-state index contributed by atoms with van der Waals surface area (Å²) in [5, 5.41) is 2.02. The highest BCUT2D eigenvalue weighted by atomic mass is 32.1. The van der Waals surface area contributed by atoms with Crippen LogP contribution in [0.1, 0.15) is 16.4 Å². The molecule has 1 unspecified atom stereocenters. The number of fused-ring (bicyclic) bond motifs is 1. The Balaban J connectivity index is 1.85. The average Bonchev–Trinajstić information content (AvgIpc) is 3.06. The van der Waals surface area contributed by atoms with Gasteiger partial charge >= 0.3 is 0 Å². The Morgan fingerprint density at radius 2 is 2.17 bits per heavy atom. The van der Waals surface area contributed by atoms with Gasteiger partial charge in [-0.1, -0.05) is 12.1 Å².